The van der Waals surface area contributed by atoms with Crippen LogP contribution in [0.1, 0.15) is 20.8 Å². The van der Waals surface area contributed by atoms with Crippen LogP contribution in [0.3, 0.4) is 0 Å². The number of hydrogen-bond acceptors (Lipinski definition) is 4. The average Bonchev–Trinajstić information content (AvgIpc) is 2.48. The second kappa shape index (κ2) is 11.1. The number of benzene rings is 1. The van der Waals surface area contributed by atoms with E-state index >= 15 is 0 Å². The molecule has 8 heteroatoms. The maximum Gasteiger partial charge on any atom is 0.325 e. The molecular formula is C17H27FIN3O3. The van der Waals surface area contributed by atoms with E-state index in [9.17, 15) is 9.18 Å². The Morgan fingerprint density at radius 1 is 1.32 bits per heavy atom. The minimum atomic E-state index is -0.526. The summed E-state index contributed by atoms with van der Waals surface area (Å²) < 4.78 is 24.1. The smallest absolute Gasteiger partial charge is 0.325 e. The number of ether oxygens (including phenoxy) is 2. The van der Waals surface area contributed by atoms with Crippen LogP contribution in [0.4, 0.5) is 4.39 Å². The van der Waals surface area contributed by atoms with E-state index < -0.39 is 11.4 Å². The van der Waals surface area contributed by atoms with Gasteiger partial charge in [-0.1, -0.05) is 12.1 Å². The molecule has 1 aromatic carbocycles. The maximum atomic E-state index is 13.5. The molecule has 1 N–H and O–H groups in total. The highest BCUT2D eigenvalue weighted by atomic mass is 127. The molecule has 0 unspecified atom stereocenters. The largest absolute Gasteiger partial charge is 0.489 e. The molecule has 1 aromatic rings. The van der Waals surface area contributed by atoms with Crippen LogP contribution in [0, 0.1) is 5.82 Å². The maximum absolute atomic E-state index is 13.5. The van der Waals surface area contributed by atoms with Crippen LogP contribution in [-0.2, 0) is 9.53 Å². The SMILES string of the molecule is CN=C(NCC(=O)OC(C)(C)C)N(C)CCOc1ccccc1F.I. The van der Waals surface area contributed by atoms with E-state index in [1.54, 1.807) is 37.2 Å². The van der Waals surface area contributed by atoms with Crippen molar-refractivity contribution in [1.29, 1.82) is 0 Å². The third-order valence-electron chi connectivity index (χ3n) is 2.91. The summed E-state index contributed by atoms with van der Waals surface area (Å²) in [6.45, 7) is 6.21. The zero-order chi connectivity index (χ0) is 18.2. The third kappa shape index (κ3) is 9.47. The molecule has 0 aliphatic rings. The Morgan fingerprint density at radius 2 is 1.96 bits per heavy atom. The summed E-state index contributed by atoms with van der Waals surface area (Å²) in [6.07, 6.45) is 0. The predicted molar refractivity (Wildman–Crippen MR) is 107 cm³/mol. The number of rotatable bonds is 6. The van der Waals surface area contributed by atoms with Crippen molar-refractivity contribution < 1.29 is 18.7 Å². The minimum Gasteiger partial charge on any atom is -0.489 e. The van der Waals surface area contributed by atoms with Crippen molar-refractivity contribution in [2.75, 3.05) is 33.8 Å². The summed E-state index contributed by atoms with van der Waals surface area (Å²) in [5, 5.41) is 2.92. The molecule has 0 aromatic heterocycles. The number of carbonyl (C=O) groups excluding carboxylic acids is 1. The molecule has 0 atom stereocenters. The first-order valence-corrected chi connectivity index (χ1v) is 7.74. The average molecular weight is 467 g/mol. The van der Waals surface area contributed by atoms with Gasteiger partial charge in [-0.25, -0.2) is 4.39 Å². The number of nitrogens with zero attached hydrogens (tertiary/aromatic N) is 2. The van der Waals surface area contributed by atoms with E-state index in [0.29, 0.717) is 12.5 Å². The van der Waals surface area contributed by atoms with E-state index in [1.165, 1.54) is 6.07 Å². The van der Waals surface area contributed by atoms with Crippen LogP contribution in [0.25, 0.3) is 0 Å². The molecule has 0 bridgehead atoms. The Kier molecular flexibility index (Phi) is 10.4. The molecule has 25 heavy (non-hydrogen) atoms. The van der Waals surface area contributed by atoms with Gasteiger partial charge in [0.1, 0.15) is 18.8 Å². The highest BCUT2D eigenvalue weighted by Crippen LogP contribution is 2.14. The minimum absolute atomic E-state index is 0. The van der Waals surface area contributed by atoms with E-state index in [-0.39, 0.29) is 48.8 Å². The topological polar surface area (TPSA) is 63.2 Å². The number of guanidine groups is 1. The Hall–Kier alpha value is -1.58. The predicted octanol–water partition coefficient (Wildman–Crippen LogP) is 2.67. The quantitative estimate of drug-likeness (QED) is 0.302. The zero-order valence-corrected chi connectivity index (χ0v) is 17.7. The van der Waals surface area contributed by atoms with Crippen LogP contribution in [0.15, 0.2) is 29.3 Å². The second-order valence-corrected chi connectivity index (χ2v) is 6.19. The summed E-state index contributed by atoms with van der Waals surface area (Å²) in [5.74, 6) is -0.0205. The monoisotopic (exact) mass is 467 g/mol. The van der Waals surface area contributed by atoms with Crippen molar-refractivity contribution in [3.63, 3.8) is 0 Å². The highest BCUT2D eigenvalue weighted by Gasteiger charge is 2.17. The second-order valence-electron chi connectivity index (χ2n) is 6.19. The number of likely N-dealkylation sites (N-methyl/N-ethyl adjacent to an activating group) is 1. The van der Waals surface area contributed by atoms with Gasteiger partial charge in [-0.15, -0.1) is 24.0 Å². The van der Waals surface area contributed by atoms with Gasteiger partial charge in [-0.05, 0) is 32.9 Å². The molecule has 6 nitrogen and oxygen atoms in total. The van der Waals surface area contributed by atoms with Gasteiger partial charge in [0.2, 0.25) is 0 Å². The first kappa shape index (κ1) is 23.4. The van der Waals surface area contributed by atoms with Crippen molar-refractivity contribution in [1.82, 2.24) is 10.2 Å². The summed E-state index contributed by atoms with van der Waals surface area (Å²) in [4.78, 5) is 17.6. The van der Waals surface area contributed by atoms with E-state index in [2.05, 4.69) is 10.3 Å². The third-order valence-corrected chi connectivity index (χ3v) is 2.91. The van der Waals surface area contributed by atoms with Gasteiger partial charge in [0.25, 0.3) is 0 Å². The molecule has 0 radical (unpaired) electrons. The lowest BCUT2D eigenvalue weighted by Gasteiger charge is -2.23. The lowest BCUT2D eigenvalue weighted by molar-refractivity contribution is -0.153. The Balaban J connectivity index is 0.00000576. The first-order chi connectivity index (χ1) is 11.2. The fraction of sp³-hybridized carbons (Fsp3) is 0.529. The molecule has 0 fully saturated rings. The molecule has 0 aliphatic heterocycles. The molecule has 0 saturated heterocycles. The van der Waals surface area contributed by atoms with E-state index in [4.69, 9.17) is 9.47 Å². The van der Waals surface area contributed by atoms with Crippen LogP contribution in [0.2, 0.25) is 0 Å². The van der Waals surface area contributed by atoms with Gasteiger partial charge in [0, 0.05) is 14.1 Å². The molecule has 0 heterocycles. The number of nitrogens with one attached hydrogen (secondary N) is 1. The van der Waals surface area contributed by atoms with Gasteiger partial charge in [-0.3, -0.25) is 9.79 Å². The van der Waals surface area contributed by atoms with Crippen molar-refractivity contribution >= 4 is 35.9 Å². The van der Waals surface area contributed by atoms with Crippen LogP contribution in [-0.4, -0.2) is 56.2 Å². The first-order valence-electron chi connectivity index (χ1n) is 7.74. The number of halogens is 2. The standard InChI is InChI=1S/C17H26FN3O3.HI/c1-17(2,3)24-15(22)12-20-16(19-4)21(5)10-11-23-14-9-7-6-8-13(14)18;/h6-9H,10-12H2,1-5H3,(H,19,20);1H. The zero-order valence-electron chi connectivity index (χ0n) is 15.3. The molecule has 0 aliphatic carbocycles. The summed E-state index contributed by atoms with van der Waals surface area (Å²) in [7, 11) is 3.42. The summed E-state index contributed by atoms with van der Waals surface area (Å²) in [5.41, 5.74) is -0.526. The van der Waals surface area contributed by atoms with Crippen molar-refractivity contribution in [3.8, 4) is 5.75 Å². The molecule has 0 spiro atoms. The fourth-order valence-corrected chi connectivity index (χ4v) is 1.87. The Morgan fingerprint density at radius 3 is 2.52 bits per heavy atom. The van der Waals surface area contributed by atoms with Gasteiger partial charge in [0.15, 0.2) is 17.5 Å². The van der Waals surface area contributed by atoms with Crippen molar-refractivity contribution in [3.05, 3.63) is 30.1 Å². The van der Waals surface area contributed by atoms with Gasteiger partial charge >= 0.3 is 5.97 Å². The number of esters is 1. The summed E-state index contributed by atoms with van der Waals surface area (Å²) in [6, 6.07) is 6.24. The highest BCUT2D eigenvalue weighted by molar-refractivity contribution is 14.0. The normalized spacial score (nSPS) is 11.4. The Labute approximate surface area is 165 Å². The number of para-hydroxylation sites is 1. The Bertz CT molecular complexity index is 577. The number of hydrogen-bond donors (Lipinski definition) is 1. The molecular weight excluding hydrogens is 440 g/mol. The van der Waals surface area contributed by atoms with Gasteiger partial charge < -0.3 is 19.7 Å². The molecule has 1 rings (SSSR count). The number of carbonyl (C=O) groups is 1. The number of aliphatic imine (C=N–C) groups is 1. The van der Waals surface area contributed by atoms with Gasteiger partial charge in [0.05, 0.1) is 6.54 Å². The van der Waals surface area contributed by atoms with Crippen molar-refractivity contribution in [2.45, 2.75) is 26.4 Å². The van der Waals surface area contributed by atoms with E-state index in [0.717, 1.165) is 0 Å². The lowest BCUT2D eigenvalue weighted by Crippen LogP contribution is -2.44. The van der Waals surface area contributed by atoms with Crippen LogP contribution >= 0.6 is 24.0 Å². The van der Waals surface area contributed by atoms with Crippen LogP contribution in [0.5, 0.6) is 5.75 Å². The lowest BCUT2D eigenvalue weighted by atomic mass is 10.2. The fourth-order valence-electron chi connectivity index (χ4n) is 1.87. The molecule has 0 saturated carbocycles. The molecule has 0 amide bonds. The molecule has 142 valence electrons. The summed E-state index contributed by atoms with van der Waals surface area (Å²) >= 11 is 0. The van der Waals surface area contributed by atoms with E-state index in [1.807, 2.05) is 20.8 Å². The van der Waals surface area contributed by atoms with Gasteiger partial charge in [-0.2, -0.15) is 0 Å². The van der Waals surface area contributed by atoms with Crippen LogP contribution < -0.4 is 10.1 Å². The van der Waals surface area contributed by atoms with Crippen molar-refractivity contribution in [2.24, 2.45) is 4.99 Å².